The first-order chi connectivity index (χ1) is 6.70. The van der Waals surface area contributed by atoms with Crippen LogP contribution in [0.3, 0.4) is 0 Å². The first kappa shape index (κ1) is 11.7. The van der Waals surface area contributed by atoms with E-state index in [1.807, 2.05) is 0 Å². The molecule has 1 nitrogen and oxygen atoms in total. The Bertz CT molecular complexity index is 267. The quantitative estimate of drug-likeness (QED) is 0.782. The third-order valence-corrected chi connectivity index (χ3v) is 3.73. The van der Waals surface area contributed by atoms with E-state index in [0.29, 0.717) is 6.04 Å². The van der Waals surface area contributed by atoms with Crippen LogP contribution in [-0.2, 0) is 0 Å². The average Bonchev–Trinajstić information content (AvgIpc) is 2.54. The Hall–Kier alpha value is -0.340. The van der Waals surface area contributed by atoms with E-state index in [-0.39, 0.29) is 0 Å². The van der Waals surface area contributed by atoms with E-state index >= 15 is 0 Å². The number of rotatable bonds is 5. The summed E-state index contributed by atoms with van der Waals surface area (Å²) >= 11 is 1.81. The highest BCUT2D eigenvalue weighted by Crippen LogP contribution is 2.29. The van der Waals surface area contributed by atoms with Gasteiger partial charge in [0.1, 0.15) is 0 Å². The molecular weight excluding hydrogens is 190 g/mol. The SMILES string of the molecule is CCCC(C)C(NC)c1cscc1C. The van der Waals surface area contributed by atoms with Crippen molar-refractivity contribution in [3.63, 3.8) is 0 Å². The minimum absolute atomic E-state index is 0.529. The average molecular weight is 211 g/mol. The largest absolute Gasteiger partial charge is 0.313 e. The molecule has 0 amide bonds. The zero-order valence-corrected chi connectivity index (χ0v) is 10.4. The summed E-state index contributed by atoms with van der Waals surface area (Å²) in [5.74, 6) is 0.721. The molecule has 1 aromatic rings. The van der Waals surface area contributed by atoms with E-state index in [9.17, 15) is 0 Å². The summed E-state index contributed by atoms with van der Waals surface area (Å²) in [4.78, 5) is 0. The molecule has 80 valence electrons. The number of nitrogens with one attached hydrogen (secondary N) is 1. The van der Waals surface area contributed by atoms with Gasteiger partial charge in [0.05, 0.1) is 0 Å². The van der Waals surface area contributed by atoms with Crippen LogP contribution in [0.5, 0.6) is 0 Å². The van der Waals surface area contributed by atoms with E-state index in [4.69, 9.17) is 0 Å². The molecule has 0 radical (unpaired) electrons. The van der Waals surface area contributed by atoms with Gasteiger partial charge in [-0.15, -0.1) is 0 Å². The highest BCUT2D eigenvalue weighted by atomic mass is 32.1. The standard InChI is InChI=1S/C12H21NS/c1-5-6-9(2)12(13-4)11-8-14-7-10(11)3/h7-9,12-13H,5-6H2,1-4H3. The second-order valence-electron chi connectivity index (χ2n) is 4.04. The van der Waals surface area contributed by atoms with Crippen molar-refractivity contribution < 1.29 is 0 Å². The molecular formula is C12H21NS. The van der Waals surface area contributed by atoms with Crippen LogP contribution in [0, 0.1) is 12.8 Å². The second kappa shape index (κ2) is 5.52. The van der Waals surface area contributed by atoms with Gasteiger partial charge in [-0.25, -0.2) is 0 Å². The molecule has 14 heavy (non-hydrogen) atoms. The predicted octanol–water partition coefficient (Wildman–Crippen LogP) is 3.75. The van der Waals surface area contributed by atoms with Gasteiger partial charge in [0.25, 0.3) is 0 Å². The maximum absolute atomic E-state index is 3.44. The van der Waals surface area contributed by atoms with Crippen molar-refractivity contribution in [3.05, 3.63) is 21.9 Å². The topological polar surface area (TPSA) is 12.0 Å². The third kappa shape index (κ3) is 2.58. The Kier molecular flexibility index (Phi) is 4.63. The lowest BCUT2D eigenvalue weighted by Gasteiger charge is -2.23. The molecule has 1 aromatic heterocycles. The fourth-order valence-electron chi connectivity index (χ4n) is 2.06. The molecule has 1 heterocycles. The van der Waals surface area contributed by atoms with Crippen LogP contribution in [0.2, 0.25) is 0 Å². The van der Waals surface area contributed by atoms with E-state index < -0.39 is 0 Å². The molecule has 1 N–H and O–H groups in total. The molecule has 2 heteroatoms. The normalized spacial score (nSPS) is 15.4. The Morgan fingerprint density at radius 2 is 2.14 bits per heavy atom. The summed E-state index contributed by atoms with van der Waals surface area (Å²) in [6.45, 7) is 6.79. The highest BCUT2D eigenvalue weighted by molar-refractivity contribution is 7.08. The lowest BCUT2D eigenvalue weighted by atomic mass is 9.91. The summed E-state index contributed by atoms with van der Waals surface area (Å²) in [6, 6.07) is 0.529. The zero-order chi connectivity index (χ0) is 10.6. The van der Waals surface area contributed by atoms with Crippen LogP contribution >= 0.6 is 11.3 Å². The van der Waals surface area contributed by atoms with Gasteiger partial charge >= 0.3 is 0 Å². The monoisotopic (exact) mass is 211 g/mol. The Labute approximate surface area is 91.5 Å². The molecule has 0 aliphatic heterocycles. The van der Waals surface area contributed by atoms with Gasteiger partial charge in [0, 0.05) is 6.04 Å². The minimum Gasteiger partial charge on any atom is -0.313 e. The molecule has 0 spiro atoms. The van der Waals surface area contributed by atoms with Gasteiger partial charge in [-0.1, -0.05) is 20.3 Å². The number of thiophene rings is 1. The van der Waals surface area contributed by atoms with Crippen molar-refractivity contribution >= 4 is 11.3 Å². The Balaban J connectivity index is 2.76. The molecule has 0 saturated heterocycles. The van der Waals surface area contributed by atoms with Gasteiger partial charge in [-0.3, -0.25) is 0 Å². The number of aryl methyl sites for hydroxylation is 1. The molecule has 0 saturated carbocycles. The summed E-state index contributed by atoms with van der Waals surface area (Å²) in [5, 5.41) is 7.95. The fourth-order valence-corrected chi connectivity index (χ4v) is 2.94. The highest BCUT2D eigenvalue weighted by Gasteiger charge is 2.18. The summed E-state index contributed by atoms with van der Waals surface area (Å²) in [6.07, 6.45) is 2.56. The lowest BCUT2D eigenvalue weighted by molar-refractivity contribution is 0.383. The smallest absolute Gasteiger partial charge is 0.0354 e. The van der Waals surface area contributed by atoms with E-state index in [1.165, 1.54) is 24.0 Å². The number of hydrogen-bond donors (Lipinski definition) is 1. The molecule has 2 unspecified atom stereocenters. The van der Waals surface area contributed by atoms with Gasteiger partial charge in [-0.05, 0) is 48.2 Å². The zero-order valence-electron chi connectivity index (χ0n) is 9.63. The van der Waals surface area contributed by atoms with E-state index in [0.717, 1.165) is 5.92 Å². The van der Waals surface area contributed by atoms with Crippen LogP contribution in [0.15, 0.2) is 10.8 Å². The fraction of sp³-hybridized carbons (Fsp3) is 0.667. The van der Waals surface area contributed by atoms with Crippen molar-refractivity contribution in [2.24, 2.45) is 5.92 Å². The van der Waals surface area contributed by atoms with Crippen molar-refractivity contribution in [2.75, 3.05) is 7.05 Å². The summed E-state index contributed by atoms with van der Waals surface area (Å²) in [5.41, 5.74) is 2.91. The van der Waals surface area contributed by atoms with Crippen molar-refractivity contribution in [3.8, 4) is 0 Å². The molecule has 2 atom stereocenters. The van der Waals surface area contributed by atoms with Crippen molar-refractivity contribution in [1.29, 1.82) is 0 Å². The molecule has 0 aliphatic rings. The molecule has 0 bridgehead atoms. The van der Waals surface area contributed by atoms with Crippen LogP contribution in [0.1, 0.15) is 43.9 Å². The lowest BCUT2D eigenvalue weighted by Crippen LogP contribution is -2.23. The van der Waals surface area contributed by atoms with E-state index in [2.05, 4.69) is 43.9 Å². The maximum atomic E-state index is 3.44. The maximum Gasteiger partial charge on any atom is 0.0354 e. The molecule has 0 aromatic carbocycles. The first-order valence-electron chi connectivity index (χ1n) is 5.40. The Morgan fingerprint density at radius 3 is 2.57 bits per heavy atom. The van der Waals surface area contributed by atoms with Crippen LogP contribution in [0.4, 0.5) is 0 Å². The number of hydrogen-bond acceptors (Lipinski definition) is 2. The van der Waals surface area contributed by atoms with Gasteiger partial charge in [0.2, 0.25) is 0 Å². The van der Waals surface area contributed by atoms with Crippen LogP contribution < -0.4 is 5.32 Å². The Morgan fingerprint density at radius 1 is 1.43 bits per heavy atom. The molecule has 0 aliphatic carbocycles. The minimum atomic E-state index is 0.529. The van der Waals surface area contributed by atoms with Gasteiger partial charge in [0.15, 0.2) is 0 Å². The molecule has 1 rings (SSSR count). The van der Waals surface area contributed by atoms with Crippen LogP contribution in [-0.4, -0.2) is 7.05 Å². The third-order valence-electron chi connectivity index (χ3n) is 2.85. The summed E-state index contributed by atoms with van der Waals surface area (Å²) in [7, 11) is 2.06. The van der Waals surface area contributed by atoms with Gasteiger partial charge in [-0.2, -0.15) is 11.3 Å². The molecule has 0 fully saturated rings. The van der Waals surface area contributed by atoms with Crippen molar-refractivity contribution in [1.82, 2.24) is 5.32 Å². The van der Waals surface area contributed by atoms with Crippen LogP contribution in [0.25, 0.3) is 0 Å². The summed E-state index contributed by atoms with van der Waals surface area (Å²) < 4.78 is 0. The van der Waals surface area contributed by atoms with Crippen molar-refractivity contribution in [2.45, 2.75) is 39.7 Å². The second-order valence-corrected chi connectivity index (χ2v) is 4.79. The predicted molar refractivity (Wildman–Crippen MR) is 64.9 cm³/mol. The first-order valence-corrected chi connectivity index (χ1v) is 6.34. The van der Waals surface area contributed by atoms with Gasteiger partial charge < -0.3 is 5.32 Å². The van der Waals surface area contributed by atoms with E-state index in [1.54, 1.807) is 11.3 Å².